The van der Waals surface area contributed by atoms with Crippen LogP contribution in [0.3, 0.4) is 0 Å². The van der Waals surface area contributed by atoms with Crippen LogP contribution in [0.5, 0.6) is 0 Å². The molecule has 0 aliphatic rings. The van der Waals surface area contributed by atoms with Crippen molar-refractivity contribution < 1.29 is 4.79 Å². The molecule has 0 bridgehead atoms. The van der Waals surface area contributed by atoms with Gasteiger partial charge in [-0.05, 0) is 47.2 Å². The van der Waals surface area contributed by atoms with E-state index in [0.29, 0.717) is 22.0 Å². The van der Waals surface area contributed by atoms with Crippen molar-refractivity contribution in [2.75, 3.05) is 10.6 Å². The van der Waals surface area contributed by atoms with Crippen molar-refractivity contribution in [3.63, 3.8) is 0 Å². The number of hydrogen-bond donors (Lipinski definition) is 3. The van der Waals surface area contributed by atoms with Crippen molar-refractivity contribution in [2.45, 2.75) is 6.04 Å². The van der Waals surface area contributed by atoms with Crippen molar-refractivity contribution in [1.29, 1.82) is 0 Å². The summed E-state index contributed by atoms with van der Waals surface area (Å²) < 4.78 is 0. The van der Waals surface area contributed by atoms with Gasteiger partial charge in [-0.25, -0.2) is 0 Å². The van der Waals surface area contributed by atoms with Gasteiger partial charge in [0.15, 0.2) is 5.11 Å². The van der Waals surface area contributed by atoms with Crippen molar-refractivity contribution in [3.8, 4) is 0 Å². The monoisotopic (exact) mass is 424 g/mol. The summed E-state index contributed by atoms with van der Waals surface area (Å²) in [6, 6.07) is 22.0. The van der Waals surface area contributed by atoms with Crippen LogP contribution in [-0.2, 0) is 4.79 Å². The van der Waals surface area contributed by atoms with Crippen molar-refractivity contribution >= 4 is 51.9 Å². The molecule has 3 N–H and O–H groups in total. The van der Waals surface area contributed by atoms with Crippen LogP contribution >= 0.6 is 23.8 Å². The lowest BCUT2D eigenvalue weighted by Crippen LogP contribution is -2.39. The number of benzene rings is 3. The third-order valence-electron chi connectivity index (χ3n) is 4.05. The summed E-state index contributed by atoms with van der Waals surface area (Å²) >= 11 is 11.5. The van der Waals surface area contributed by atoms with E-state index in [9.17, 15) is 9.70 Å². The third-order valence-corrected chi connectivity index (χ3v) is 4.60. The van der Waals surface area contributed by atoms with Crippen LogP contribution in [0, 0.1) is 4.91 Å². The molecule has 0 radical (unpaired) electrons. The number of anilines is 2. The maximum atomic E-state index is 13.0. The summed E-state index contributed by atoms with van der Waals surface area (Å²) in [5.41, 5.74) is 1.87. The van der Waals surface area contributed by atoms with Gasteiger partial charge in [-0.1, -0.05) is 66.2 Å². The van der Waals surface area contributed by atoms with Gasteiger partial charge in [0.1, 0.15) is 11.7 Å². The predicted octanol–water partition coefficient (Wildman–Crippen LogP) is 5.40. The number of halogens is 1. The highest BCUT2D eigenvalue weighted by Gasteiger charge is 2.22. The average Bonchev–Trinajstić information content (AvgIpc) is 2.74. The van der Waals surface area contributed by atoms with Crippen molar-refractivity contribution in [3.05, 3.63) is 94.4 Å². The lowest BCUT2D eigenvalue weighted by molar-refractivity contribution is -0.117. The van der Waals surface area contributed by atoms with E-state index >= 15 is 0 Å². The second kappa shape index (κ2) is 9.77. The van der Waals surface area contributed by atoms with Gasteiger partial charge in [0.05, 0.1) is 16.4 Å². The molecule has 0 heterocycles. The standard InChI is InChI=1S/C21H17ClN4O2S/c22-15-10-4-5-11-16(15)23-20(27)19(14-8-2-1-3-9-14)25-21(29)24-17-12-6-7-13-18(17)26-28/h1-13,19H,(H,23,27)(H2,24,25,29). The Kier molecular flexibility index (Phi) is 6.89. The molecule has 0 aromatic heterocycles. The highest BCUT2D eigenvalue weighted by molar-refractivity contribution is 7.80. The molecule has 1 amide bonds. The Bertz CT molecular complexity index is 1030. The normalized spacial score (nSPS) is 11.2. The minimum Gasteiger partial charge on any atom is -0.347 e. The van der Waals surface area contributed by atoms with Crippen LogP contribution in [0.15, 0.2) is 84.0 Å². The first-order chi connectivity index (χ1) is 14.1. The minimum absolute atomic E-state index is 0.171. The number of hydrogen-bond acceptors (Lipinski definition) is 4. The summed E-state index contributed by atoms with van der Waals surface area (Å²) in [7, 11) is 0. The van der Waals surface area contributed by atoms with Gasteiger partial charge in [0.2, 0.25) is 0 Å². The molecular weight excluding hydrogens is 408 g/mol. The molecule has 0 aliphatic heterocycles. The topological polar surface area (TPSA) is 82.6 Å². The van der Waals surface area contributed by atoms with Crippen LogP contribution in [-0.4, -0.2) is 11.0 Å². The summed E-state index contributed by atoms with van der Waals surface area (Å²) in [6.45, 7) is 0. The van der Waals surface area contributed by atoms with E-state index in [1.165, 1.54) is 0 Å². The Morgan fingerprint density at radius 3 is 2.17 bits per heavy atom. The second-order valence-corrected chi connectivity index (χ2v) is 6.84. The highest BCUT2D eigenvalue weighted by atomic mass is 35.5. The molecule has 29 heavy (non-hydrogen) atoms. The first-order valence-corrected chi connectivity index (χ1v) is 9.47. The van der Waals surface area contributed by atoms with Crippen LogP contribution in [0.25, 0.3) is 0 Å². The van der Waals surface area contributed by atoms with Crippen LogP contribution in [0.4, 0.5) is 17.1 Å². The molecule has 1 unspecified atom stereocenters. The lowest BCUT2D eigenvalue weighted by Gasteiger charge is -2.21. The number of amides is 1. The summed E-state index contributed by atoms with van der Waals surface area (Å²) in [4.78, 5) is 24.0. The summed E-state index contributed by atoms with van der Waals surface area (Å²) in [5.74, 6) is -0.338. The first kappa shape index (κ1) is 20.4. The van der Waals surface area contributed by atoms with Gasteiger partial charge < -0.3 is 16.0 Å². The molecule has 8 heteroatoms. The van der Waals surface area contributed by atoms with E-state index in [1.54, 1.807) is 48.5 Å². The highest BCUT2D eigenvalue weighted by Crippen LogP contribution is 2.25. The number of nitrogens with zero attached hydrogens (tertiary/aromatic N) is 1. The molecule has 0 saturated heterocycles. The number of rotatable bonds is 6. The van der Waals surface area contributed by atoms with E-state index in [0.717, 1.165) is 0 Å². The number of carbonyl (C=O) groups is 1. The second-order valence-electron chi connectivity index (χ2n) is 6.02. The largest absolute Gasteiger partial charge is 0.347 e. The molecular formula is C21H17ClN4O2S. The van der Waals surface area contributed by atoms with Crippen LogP contribution < -0.4 is 16.0 Å². The number of thiocarbonyl (C=S) groups is 1. The van der Waals surface area contributed by atoms with Gasteiger partial charge >= 0.3 is 0 Å². The van der Waals surface area contributed by atoms with E-state index in [-0.39, 0.29) is 16.7 Å². The summed E-state index contributed by atoms with van der Waals surface area (Å²) in [6.07, 6.45) is 0. The SMILES string of the molecule is O=Nc1ccccc1NC(=S)NC(C(=O)Nc1ccccc1Cl)c1ccccc1. The predicted molar refractivity (Wildman–Crippen MR) is 121 cm³/mol. The van der Waals surface area contributed by atoms with E-state index in [4.69, 9.17) is 23.8 Å². The van der Waals surface area contributed by atoms with E-state index in [1.807, 2.05) is 30.3 Å². The fourth-order valence-corrected chi connectivity index (χ4v) is 3.07. The van der Waals surface area contributed by atoms with Crippen LogP contribution in [0.1, 0.15) is 11.6 Å². The molecule has 3 aromatic rings. The molecule has 146 valence electrons. The molecule has 0 saturated carbocycles. The van der Waals surface area contributed by atoms with Crippen LogP contribution in [0.2, 0.25) is 5.02 Å². The van der Waals surface area contributed by atoms with Gasteiger partial charge in [0.25, 0.3) is 5.91 Å². The molecule has 0 aliphatic carbocycles. The molecule has 1 atom stereocenters. The van der Waals surface area contributed by atoms with E-state index < -0.39 is 6.04 Å². The lowest BCUT2D eigenvalue weighted by atomic mass is 10.1. The first-order valence-electron chi connectivity index (χ1n) is 8.68. The zero-order chi connectivity index (χ0) is 20.6. The third kappa shape index (κ3) is 5.37. The maximum Gasteiger partial charge on any atom is 0.251 e. The van der Waals surface area contributed by atoms with Gasteiger partial charge in [0, 0.05) is 0 Å². The fraction of sp³-hybridized carbons (Fsp3) is 0.0476. The summed E-state index contributed by atoms with van der Waals surface area (Å²) in [5, 5.41) is 12.3. The quantitative estimate of drug-likeness (QED) is 0.364. The Hall–Kier alpha value is -3.29. The minimum atomic E-state index is -0.788. The Labute approximate surface area is 178 Å². The Morgan fingerprint density at radius 2 is 1.48 bits per heavy atom. The molecule has 0 fully saturated rings. The Balaban J connectivity index is 1.80. The molecule has 6 nitrogen and oxygen atoms in total. The number of nitroso groups, excluding NO2 is 1. The molecule has 0 spiro atoms. The molecule has 3 rings (SSSR count). The maximum absolute atomic E-state index is 13.0. The van der Waals surface area contributed by atoms with Crippen molar-refractivity contribution in [2.24, 2.45) is 5.18 Å². The molecule has 3 aromatic carbocycles. The van der Waals surface area contributed by atoms with Gasteiger partial charge in [-0.2, -0.15) is 0 Å². The zero-order valence-electron chi connectivity index (χ0n) is 15.1. The Morgan fingerprint density at radius 1 is 0.862 bits per heavy atom. The number of nitrogens with one attached hydrogen (secondary N) is 3. The van der Waals surface area contributed by atoms with Gasteiger partial charge in [-0.3, -0.25) is 4.79 Å². The average molecular weight is 425 g/mol. The number of para-hydroxylation sites is 2. The fourth-order valence-electron chi connectivity index (χ4n) is 2.66. The smallest absolute Gasteiger partial charge is 0.251 e. The van der Waals surface area contributed by atoms with E-state index in [2.05, 4.69) is 21.1 Å². The number of carbonyl (C=O) groups excluding carboxylic acids is 1. The van der Waals surface area contributed by atoms with Gasteiger partial charge in [-0.15, -0.1) is 4.91 Å². The van der Waals surface area contributed by atoms with Crippen molar-refractivity contribution in [1.82, 2.24) is 5.32 Å². The zero-order valence-corrected chi connectivity index (χ0v) is 16.7.